The Morgan fingerprint density at radius 1 is 1.00 bits per heavy atom. The second-order valence-corrected chi connectivity index (χ2v) is 6.67. The zero-order valence-electron chi connectivity index (χ0n) is 16.1. The number of halogens is 1. The minimum Gasteiger partial charge on any atom is -0.493 e. The van der Waals surface area contributed by atoms with Crippen molar-refractivity contribution in [3.63, 3.8) is 0 Å². The van der Waals surface area contributed by atoms with E-state index in [0.29, 0.717) is 45.3 Å². The molecule has 0 unspecified atom stereocenters. The smallest absolute Gasteiger partial charge is 0.255 e. The molecule has 0 heterocycles. The van der Waals surface area contributed by atoms with Crippen molar-refractivity contribution in [2.75, 3.05) is 33.3 Å². The van der Waals surface area contributed by atoms with Gasteiger partial charge < -0.3 is 24.3 Å². The van der Waals surface area contributed by atoms with Gasteiger partial charge in [-0.05, 0) is 53.0 Å². The molecule has 0 saturated carbocycles. The Hall–Kier alpha value is -2.41. The molecule has 0 radical (unpaired) electrons. The summed E-state index contributed by atoms with van der Waals surface area (Å²) in [6, 6.07) is 6.91. The van der Waals surface area contributed by atoms with Gasteiger partial charge in [0.2, 0.25) is 0 Å². The molecule has 0 aliphatic carbocycles. The van der Waals surface area contributed by atoms with Crippen LogP contribution < -0.4 is 24.3 Å². The van der Waals surface area contributed by atoms with E-state index in [0.717, 1.165) is 12.0 Å². The van der Waals surface area contributed by atoms with Gasteiger partial charge in [0.1, 0.15) is 0 Å². The van der Waals surface area contributed by atoms with E-state index >= 15 is 0 Å². The van der Waals surface area contributed by atoms with E-state index < -0.39 is 0 Å². The first-order valence-electron chi connectivity index (χ1n) is 8.49. The Morgan fingerprint density at radius 2 is 1.63 bits per heavy atom. The fourth-order valence-corrected chi connectivity index (χ4v) is 3.06. The van der Waals surface area contributed by atoms with Gasteiger partial charge in [-0.25, -0.2) is 0 Å². The number of hydrogen-bond acceptors (Lipinski definition) is 5. The minimum atomic E-state index is -0.272. The van der Waals surface area contributed by atoms with E-state index in [1.165, 1.54) is 0 Å². The monoisotopic (exact) mass is 437 g/mol. The van der Waals surface area contributed by atoms with Crippen LogP contribution >= 0.6 is 15.9 Å². The molecule has 0 bridgehead atoms. The maximum Gasteiger partial charge on any atom is 0.255 e. The molecule has 0 aliphatic heterocycles. The number of anilines is 1. The van der Waals surface area contributed by atoms with Crippen LogP contribution in [0.15, 0.2) is 28.7 Å². The maximum absolute atomic E-state index is 12.8. The van der Waals surface area contributed by atoms with Crippen molar-refractivity contribution in [1.82, 2.24) is 0 Å². The normalized spacial score (nSPS) is 10.3. The maximum atomic E-state index is 12.8. The molecule has 0 aliphatic rings. The van der Waals surface area contributed by atoms with Gasteiger partial charge in [-0.2, -0.15) is 0 Å². The summed E-state index contributed by atoms with van der Waals surface area (Å²) in [7, 11) is 4.66. The molecular formula is C20H24BrNO5. The number of carbonyl (C=O) groups is 1. The van der Waals surface area contributed by atoms with Gasteiger partial charge >= 0.3 is 0 Å². The highest BCUT2D eigenvalue weighted by Gasteiger charge is 2.17. The third kappa shape index (κ3) is 4.86. The molecule has 0 fully saturated rings. The van der Waals surface area contributed by atoms with Crippen molar-refractivity contribution >= 4 is 27.5 Å². The van der Waals surface area contributed by atoms with Gasteiger partial charge in [0.05, 0.1) is 32.4 Å². The predicted octanol–water partition coefficient (Wildman–Crippen LogP) is 4.82. The minimum absolute atomic E-state index is 0.272. The van der Waals surface area contributed by atoms with Crippen LogP contribution in [-0.2, 0) is 0 Å². The molecule has 27 heavy (non-hydrogen) atoms. The summed E-state index contributed by atoms with van der Waals surface area (Å²) in [5.41, 5.74) is 1.94. The summed E-state index contributed by atoms with van der Waals surface area (Å²) >= 11 is 3.46. The fraction of sp³-hybridized carbons (Fsp3) is 0.350. The van der Waals surface area contributed by atoms with Crippen LogP contribution in [0.3, 0.4) is 0 Å². The number of ether oxygens (including phenoxy) is 4. The first-order valence-corrected chi connectivity index (χ1v) is 9.28. The average Bonchev–Trinajstić information content (AvgIpc) is 2.67. The molecular weight excluding hydrogens is 414 g/mol. The number of aryl methyl sites for hydroxylation is 1. The van der Waals surface area contributed by atoms with Crippen LogP contribution in [0.2, 0.25) is 0 Å². The summed E-state index contributed by atoms with van der Waals surface area (Å²) in [5.74, 6) is 1.95. The van der Waals surface area contributed by atoms with Gasteiger partial charge in [0.15, 0.2) is 23.0 Å². The van der Waals surface area contributed by atoms with Gasteiger partial charge in [-0.3, -0.25) is 4.79 Å². The highest BCUT2D eigenvalue weighted by atomic mass is 79.9. The lowest BCUT2D eigenvalue weighted by Gasteiger charge is -2.16. The molecule has 2 aromatic rings. The number of carbonyl (C=O) groups excluding carboxylic acids is 1. The molecule has 0 atom stereocenters. The molecule has 0 spiro atoms. The highest BCUT2D eigenvalue weighted by molar-refractivity contribution is 9.10. The standard InChI is InChI=1S/C20H24BrNO5/c1-6-7-27-19-14(21)9-13(10-18(19)26-5)20(23)22-15-11-17(25-4)16(24-3)8-12(15)2/h8-11H,6-7H2,1-5H3,(H,22,23). The highest BCUT2D eigenvalue weighted by Crippen LogP contribution is 2.37. The number of benzene rings is 2. The van der Waals surface area contributed by atoms with Crippen LogP contribution in [0.4, 0.5) is 5.69 Å². The second-order valence-electron chi connectivity index (χ2n) is 5.81. The third-order valence-electron chi connectivity index (χ3n) is 3.92. The van der Waals surface area contributed by atoms with Crippen molar-refractivity contribution in [3.05, 3.63) is 39.9 Å². The number of amides is 1. The van der Waals surface area contributed by atoms with Crippen molar-refractivity contribution in [2.24, 2.45) is 0 Å². The van der Waals surface area contributed by atoms with Gasteiger partial charge in [-0.15, -0.1) is 0 Å². The van der Waals surface area contributed by atoms with Crippen LogP contribution in [0.5, 0.6) is 23.0 Å². The van der Waals surface area contributed by atoms with E-state index in [4.69, 9.17) is 18.9 Å². The fourth-order valence-electron chi connectivity index (χ4n) is 2.50. The van der Waals surface area contributed by atoms with Crippen molar-refractivity contribution < 1.29 is 23.7 Å². The zero-order valence-corrected chi connectivity index (χ0v) is 17.7. The number of hydrogen-bond donors (Lipinski definition) is 1. The van der Waals surface area contributed by atoms with Crippen LogP contribution in [0.25, 0.3) is 0 Å². The summed E-state index contributed by atoms with van der Waals surface area (Å²) in [6.07, 6.45) is 0.871. The number of rotatable bonds is 8. The molecule has 1 amide bonds. The largest absolute Gasteiger partial charge is 0.493 e. The van der Waals surface area contributed by atoms with E-state index in [1.807, 2.05) is 19.9 Å². The van der Waals surface area contributed by atoms with Crippen molar-refractivity contribution in [3.8, 4) is 23.0 Å². The Morgan fingerprint density at radius 3 is 2.22 bits per heavy atom. The Kier molecular flexibility index (Phi) is 7.36. The first kappa shape index (κ1) is 20.9. The lowest BCUT2D eigenvalue weighted by atomic mass is 10.1. The van der Waals surface area contributed by atoms with Crippen LogP contribution in [0, 0.1) is 6.92 Å². The second kappa shape index (κ2) is 9.50. The van der Waals surface area contributed by atoms with Crippen LogP contribution in [0.1, 0.15) is 29.3 Å². The van der Waals surface area contributed by atoms with Crippen molar-refractivity contribution in [1.29, 1.82) is 0 Å². The number of nitrogens with one attached hydrogen (secondary N) is 1. The molecule has 7 heteroatoms. The summed E-state index contributed by atoms with van der Waals surface area (Å²) < 4.78 is 22.3. The van der Waals surface area contributed by atoms with Gasteiger partial charge in [0, 0.05) is 17.3 Å². The van der Waals surface area contributed by atoms with Gasteiger partial charge in [-0.1, -0.05) is 6.92 Å². The first-order chi connectivity index (χ1) is 12.9. The van der Waals surface area contributed by atoms with E-state index in [-0.39, 0.29) is 5.91 Å². The summed E-state index contributed by atoms with van der Waals surface area (Å²) in [5, 5.41) is 2.90. The van der Waals surface area contributed by atoms with E-state index in [2.05, 4.69) is 21.2 Å². The molecule has 0 saturated heterocycles. The predicted molar refractivity (Wildman–Crippen MR) is 109 cm³/mol. The zero-order chi connectivity index (χ0) is 20.0. The third-order valence-corrected chi connectivity index (χ3v) is 4.51. The lowest BCUT2D eigenvalue weighted by molar-refractivity contribution is 0.102. The molecule has 0 aromatic heterocycles. The molecule has 2 rings (SSSR count). The summed E-state index contributed by atoms with van der Waals surface area (Å²) in [4.78, 5) is 12.8. The average molecular weight is 438 g/mol. The lowest BCUT2D eigenvalue weighted by Crippen LogP contribution is -2.13. The van der Waals surface area contributed by atoms with Crippen molar-refractivity contribution in [2.45, 2.75) is 20.3 Å². The molecule has 146 valence electrons. The quantitative estimate of drug-likeness (QED) is 0.640. The molecule has 2 aromatic carbocycles. The van der Waals surface area contributed by atoms with Gasteiger partial charge in [0.25, 0.3) is 5.91 Å². The Bertz CT molecular complexity index is 823. The van der Waals surface area contributed by atoms with E-state index in [1.54, 1.807) is 39.5 Å². The Balaban J connectivity index is 2.32. The van der Waals surface area contributed by atoms with Crippen LogP contribution in [-0.4, -0.2) is 33.8 Å². The summed E-state index contributed by atoms with van der Waals surface area (Å²) in [6.45, 7) is 4.47. The topological polar surface area (TPSA) is 66.0 Å². The Labute approximate surface area is 167 Å². The molecule has 6 nitrogen and oxygen atoms in total. The number of methoxy groups -OCH3 is 3. The van der Waals surface area contributed by atoms with E-state index in [9.17, 15) is 4.79 Å². The SMILES string of the molecule is CCCOc1c(Br)cc(C(=O)Nc2cc(OC)c(OC)cc2C)cc1OC. The molecule has 1 N–H and O–H groups in total.